The maximum Gasteiger partial charge on any atom is 0.181 e. The summed E-state index contributed by atoms with van der Waals surface area (Å²) in [6, 6.07) is 4.28. The van der Waals surface area contributed by atoms with Crippen molar-refractivity contribution >= 4 is 5.69 Å². The van der Waals surface area contributed by atoms with E-state index < -0.39 is 11.6 Å². The summed E-state index contributed by atoms with van der Waals surface area (Å²) < 4.78 is 25.8. The zero-order valence-corrected chi connectivity index (χ0v) is 7.77. The van der Waals surface area contributed by atoms with Gasteiger partial charge in [-0.3, -0.25) is 0 Å². The molecule has 0 heterocycles. The van der Waals surface area contributed by atoms with Gasteiger partial charge in [0.05, 0.1) is 5.69 Å². The van der Waals surface area contributed by atoms with Crippen LogP contribution in [0.2, 0.25) is 0 Å². The lowest BCUT2D eigenvalue weighted by atomic mass is 10.2. The van der Waals surface area contributed by atoms with Crippen molar-refractivity contribution in [3.05, 3.63) is 29.8 Å². The average Bonchev–Trinajstić information content (AvgIpc) is 2.13. The van der Waals surface area contributed by atoms with Crippen molar-refractivity contribution in [2.45, 2.75) is 26.3 Å². The number of benzene rings is 1. The Labute approximate surface area is 76.8 Å². The van der Waals surface area contributed by atoms with Gasteiger partial charge in [-0.25, -0.2) is 8.78 Å². The predicted molar refractivity (Wildman–Crippen MR) is 49.7 cm³/mol. The van der Waals surface area contributed by atoms with Crippen molar-refractivity contribution in [1.29, 1.82) is 0 Å². The van der Waals surface area contributed by atoms with Crippen LogP contribution >= 0.6 is 0 Å². The third kappa shape index (κ3) is 2.41. The Hall–Kier alpha value is -1.12. The van der Waals surface area contributed by atoms with Crippen LogP contribution in [0.1, 0.15) is 20.3 Å². The van der Waals surface area contributed by atoms with E-state index in [0.717, 1.165) is 12.5 Å². The minimum absolute atomic E-state index is 0.149. The molecule has 1 rings (SSSR count). The summed E-state index contributed by atoms with van der Waals surface area (Å²) in [6.07, 6.45) is 0.871. The van der Waals surface area contributed by atoms with E-state index in [9.17, 15) is 8.78 Å². The first-order chi connectivity index (χ1) is 6.15. The van der Waals surface area contributed by atoms with Crippen LogP contribution in [-0.2, 0) is 0 Å². The molecule has 0 aromatic heterocycles. The molecule has 0 aliphatic heterocycles. The molecule has 0 aliphatic carbocycles. The van der Waals surface area contributed by atoms with Crippen LogP contribution in [0.25, 0.3) is 0 Å². The SMILES string of the molecule is CCC(C)Nc1cccc(F)c1F. The van der Waals surface area contributed by atoms with E-state index in [-0.39, 0.29) is 11.7 Å². The second-order valence-corrected chi connectivity index (χ2v) is 3.06. The number of nitrogens with one attached hydrogen (secondary N) is 1. The lowest BCUT2D eigenvalue weighted by Gasteiger charge is -2.13. The second-order valence-electron chi connectivity index (χ2n) is 3.06. The summed E-state index contributed by atoms with van der Waals surface area (Å²) in [5.74, 6) is -1.61. The molecule has 1 unspecified atom stereocenters. The normalized spacial score (nSPS) is 12.6. The Bertz CT molecular complexity index is 286. The maximum absolute atomic E-state index is 13.1. The Balaban J connectivity index is 2.83. The number of halogens is 2. The molecule has 1 atom stereocenters. The van der Waals surface area contributed by atoms with Gasteiger partial charge in [-0.1, -0.05) is 13.0 Å². The highest BCUT2D eigenvalue weighted by Gasteiger charge is 2.08. The standard InChI is InChI=1S/C10H13F2N/c1-3-7(2)13-9-6-4-5-8(11)10(9)12/h4-7,13H,3H2,1-2H3. The molecule has 13 heavy (non-hydrogen) atoms. The topological polar surface area (TPSA) is 12.0 Å². The fraction of sp³-hybridized carbons (Fsp3) is 0.400. The van der Waals surface area contributed by atoms with E-state index in [1.54, 1.807) is 0 Å². The van der Waals surface area contributed by atoms with Crippen LogP contribution < -0.4 is 5.32 Å². The zero-order chi connectivity index (χ0) is 9.84. The van der Waals surface area contributed by atoms with E-state index in [4.69, 9.17) is 0 Å². The van der Waals surface area contributed by atoms with Gasteiger partial charge in [0.1, 0.15) is 0 Å². The van der Waals surface area contributed by atoms with Crippen molar-refractivity contribution < 1.29 is 8.78 Å². The van der Waals surface area contributed by atoms with E-state index in [1.807, 2.05) is 13.8 Å². The van der Waals surface area contributed by atoms with E-state index in [0.29, 0.717) is 0 Å². The number of anilines is 1. The van der Waals surface area contributed by atoms with Crippen LogP contribution in [0.3, 0.4) is 0 Å². The number of hydrogen-bond donors (Lipinski definition) is 1. The van der Waals surface area contributed by atoms with Crippen LogP contribution in [0.15, 0.2) is 18.2 Å². The molecule has 0 fully saturated rings. The van der Waals surface area contributed by atoms with Crippen LogP contribution in [0.5, 0.6) is 0 Å². The molecule has 1 aromatic rings. The lowest BCUT2D eigenvalue weighted by Crippen LogP contribution is -2.14. The summed E-state index contributed by atoms with van der Waals surface area (Å²) in [4.78, 5) is 0. The van der Waals surface area contributed by atoms with Crippen molar-refractivity contribution in [1.82, 2.24) is 0 Å². The van der Waals surface area contributed by atoms with Gasteiger partial charge < -0.3 is 5.32 Å². The van der Waals surface area contributed by atoms with E-state index >= 15 is 0 Å². The molecule has 1 N–H and O–H groups in total. The zero-order valence-electron chi connectivity index (χ0n) is 7.77. The third-order valence-electron chi connectivity index (χ3n) is 1.97. The Kier molecular flexibility index (Phi) is 3.23. The molecular formula is C10H13F2N. The summed E-state index contributed by atoms with van der Waals surface area (Å²) in [6.45, 7) is 3.90. The Morgan fingerprint density at radius 3 is 2.69 bits per heavy atom. The van der Waals surface area contributed by atoms with Gasteiger partial charge in [0.25, 0.3) is 0 Å². The first kappa shape index (κ1) is 9.96. The van der Waals surface area contributed by atoms with Gasteiger partial charge >= 0.3 is 0 Å². The highest BCUT2D eigenvalue weighted by molar-refractivity contribution is 5.45. The molecular weight excluding hydrogens is 172 g/mol. The van der Waals surface area contributed by atoms with Gasteiger partial charge in [-0.15, -0.1) is 0 Å². The highest BCUT2D eigenvalue weighted by atomic mass is 19.2. The largest absolute Gasteiger partial charge is 0.380 e. The Morgan fingerprint density at radius 1 is 1.38 bits per heavy atom. The smallest absolute Gasteiger partial charge is 0.181 e. The molecule has 0 spiro atoms. The van der Waals surface area contributed by atoms with Gasteiger partial charge in [0, 0.05) is 6.04 Å². The molecule has 0 bridgehead atoms. The quantitative estimate of drug-likeness (QED) is 0.762. The van der Waals surface area contributed by atoms with Crippen LogP contribution in [0.4, 0.5) is 14.5 Å². The number of rotatable bonds is 3. The first-order valence-corrected chi connectivity index (χ1v) is 4.35. The fourth-order valence-corrected chi connectivity index (χ4v) is 0.983. The summed E-state index contributed by atoms with van der Waals surface area (Å²) in [5.41, 5.74) is 0.231. The van der Waals surface area contributed by atoms with Gasteiger partial charge in [-0.2, -0.15) is 0 Å². The third-order valence-corrected chi connectivity index (χ3v) is 1.97. The monoisotopic (exact) mass is 185 g/mol. The van der Waals surface area contributed by atoms with Gasteiger partial charge in [0.2, 0.25) is 0 Å². The molecule has 0 saturated carbocycles. The van der Waals surface area contributed by atoms with Crippen molar-refractivity contribution in [3.8, 4) is 0 Å². The number of hydrogen-bond acceptors (Lipinski definition) is 1. The molecule has 1 aromatic carbocycles. The molecule has 72 valence electrons. The average molecular weight is 185 g/mol. The van der Waals surface area contributed by atoms with Crippen LogP contribution in [-0.4, -0.2) is 6.04 Å². The van der Waals surface area contributed by atoms with Crippen molar-refractivity contribution in [3.63, 3.8) is 0 Å². The fourth-order valence-electron chi connectivity index (χ4n) is 0.983. The Morgan fingerprint density at radius 2 is 2.08 bits per heavy atom. The van der Waals surface area contributed by atoms with Gasteiger partial charge in [-0.05, 0) is 25.5 Å². The molecule has 3 heteroatoms. The van der Waals surface area contributed by atoms with Crippen molar-refractivity contribution in [2.75, 3.05) is 5.32 Å². The van der Waals surface area contributed by atoms with E-state index in [2.05, 4.69) is 5.32 Å². The summed E-state index contributed by atoms with van der Waals surface area (Å²) in [7, 11) is 0. The minimum atomic E-state index is -0.812. The highest BCUT2D eigenvalue weighted by Crippen LogP contribution is 2.17. The maximum atomic E-state index is 13.1. The molecule has 1 nitrogen and oxygen atoms in total. The summed E-state index contributed by atoms with van der Waals surface area (Å²) >= 11 is 0. The molecule has 0 aliphatic rings. The predicted octanol–water partition coefficient (Wildman–Crippen LogP) is 3.18. The van der Waals surface area contributed by atoms with Gasteiger partial charge in [0.15, 0.2) is 11.6 Å². The van der Waals surface area contributed by atoms with E-state index in [1.165, 1.54) is 12.1 Å². The lowest BCUT2D eigenvalue weighted by molar-refractivity contribution is 0.509. The first-order valence-electron chi connectivity index (χ1n) is 4.35. The second kappa shape index (κ2) is 4.21. The van der Waals surface area contributed by atoms with Crippen molar-refractivity contribution in [2.24, 2.45) is 0 Å². The van der Waals surface area contributed by atoms with Crippen LogP contribution in [0, 0.1) is 11.6 Å². The summed E-state index contributed by atoms with van der Waals surface area (Å²) in [5, 5.41) is 2.89. The minimum Gasteiger partial charge on any atom is -0.380 e. The molecule has 0 saturated heterocycles. The molecule has 0 radical (unpaired) electrons. The molecule has 0 amide bonds.